The van der Waals surface area contributed by atoms with Crippen LogP contribution in [0.5, 0.6) is 0 Å². The summed E-state index contributed by atoms with van der Waals surface area (Å²) in [5.74, 6) is 0. The molecule has 0 saturated carbocycles. The van der Waals surface area contributed by atoms with E-state index in [1.807, 2.05) is 36.7 Å². The van der Waals surface area contributed by atoms with Crippen molar-refractivity contribution < 1.29 is 0 Å². The van der Waals surface area contributed by atoms with Crippen LogP contribution in [0.2, 0.25) is 0 Å². The Hall–Kier alpha value is -1.44. The van der Waals surface area contributed by atoms with Crippen molar-refractivity contribution in [3.63, 3.8) is 0 Å². The predicted molar refractivity (Wildman–Crippen MR) is 49.2 cm³/mol. The molecule has 2 heteroatoms. The van der Waals surface area contributed by atoms with E-state index in [2.05, 4.69) is 16.1 Å². The normalized spacial score (nSPS) is 21.2. The molecule has 2 heterocycles. The summed E-state index contributed by atoms with van der Waals surface area (Å²) in [6.45, 7) is 0. The SMILES string of the molecule is C1=CC[C@H](c2ccccn2)N=C1. The van der Waals surface area contributed by atoms with Gasteiger partial charge in [0.1, 0.15) is 0 Å². The largest absolute Gasteiger partial charge is 0.283 e. The van der Waals surface area contributed by atoms with Crippen LogP contribution in [0.25, 0.3) is 0 Å². The van der Waals surface area contributed by atoms with Crippen LogP contribution < -0.4 is 0 Å². The summed E-state index contributed by atoms with van der Waals surface area (Å²) in [7, 11) is 0. The van der Waals surface area contributed by atoms with E-state index in [4.69, 9.17) is 0 Å². The fraction of sp³-hybridized carbons (Fsp3) is 0.200. The molecule has 1 aliphatic rings. The minimum Gasteiger partial charge on any atom is -0.283 e. The number of aromatic nitrogens is 1. The number of hydrogen-bond acceptors (Lipinski definition) is 2. The summed E-state index contributed by atoms with van der Waals surface area (Å²) in [6.07, 6.45) is 8.70. The lowest BCUT2D eigenvalue weighted by molar-refractivity contribution is 0.713. The minimum absolute atomic E-state index is 0.233. The maximum Gasteiger partial charge on any atom is 0.0953 e. The number of aliphatic imine (C=N–C) groups is 1. The van der Waals surface area contributed by atoms with E-state index in [0.717, 1.165) is 12.1 Å². The second kappa shape index (κ2) is 3.30. The molecule has 0 radical (unpaired) electrons. The molecule has 1 aromatic heterocycles. The van der Waals surface area contributed by atoms with Crippen LogP contribution in [-0.4, -0.2) is 11.2 Å². The molecule has 12 heavy (non-hydrogen) atoms. The zero-order valence-corrected chi connectivity index (χ0v) is 6.72. The summed E-state index contributed by atoms with van der Waals surface area (Å²) in [5, 5.41) is 0. The Labute approximate surface area is 71.7 Å². The van der Waals surface area contributed by atoms with Gasteiger partial charge in [-0.2, -0.15) is 0 Å². The second-order valence-electron chi connectivity index (χ2n) is 2.73. The first-order valence-corrected chi connectivity index (χ1v) is 4.06. The second-order valence-corrected chi connectivity index (χ2v) is 2.73. The third-order valence-corrected chi connectivity index (χ3v) is 1.88. The molecule has 1 aromatic rings. The number of dihydropyridines is 1. The molecule has 0 saturated heterocycles. The zero-order valence-electron chi connectivity index (χ0n) is 6.72. The molecular formula is C10H10N2. The van der Waals surface area contributed by atoms with E-state index in [-0.39, 0.29) is 6.04 Å². The maximum absolute atomic E-state index is 4.33. The summed E-state index contributed by atoms with van der Waals surface area (Å²) in [4.78, 5) is 8.58. The monoisotopic (exact) mass is 158 g/mol. The van der Waals surface area contributed by atoms with E-state index in [0.29, 0.717) is 0 Å². The fourth-order valence-corrected chi connectivity index (χ4v) is 1.25. The van der Waals surface area contributed by atoms with E-state index < -0.39 is 0 Å². The highest BCUT2D eigenvalue weighted by atomic mass is 14.8. The number of nitrogens with zero attached hydrogens (tertiary/aromatic N) is 2. The molecule has 1 atom stereocenters. The molecule has 60 valence electrons. The number of pyridine rings is 1. The van der Waals surface area contributed by atoms with Gasteiger partial charge in [-0.3, -0.25) is 9.98 Å². The smallest absolute Gasteiger partial charge is 0.0953 e. The van der Waals surface area contributed by atoms with Crippen LogP contribution in [0.15, 0.2) is 41.5 Å². The Balaban J connectivity index is 2.21. The van der Waals surface area contributed by atoms with Crippen LogP contribution >= 0.6 is 0 Å². The van der Waals surface area contributed by atoms with Crippen molar-refractivity contribution in [2.45, 2.75) is 12.5 Å². The third-order valence-electron chi connectivity index (χ3n) is 1.88. The van der Waals surface area contributed by atoms with E-state index in [1.165, 1.54) is 0 Å². The maximum atomic E-state index is 4.33. The molecule has 2 nitrogen and oxygen atoms in total. The van der Waals surface area contributed by atoms with Crippen LogP contribution in [-0.2, 0) is 0 Å². The van der Waals surface area contributed by atoms with Gasteiger partial charge in [0, 0.05) is 12.4 Å². The van der Waals surface area contributed by atoms with Crippen molar-refractivity contribution in [2.24, 2.45) is 4.99 Å². The van der Waals surface area contributed by atoms with Crippen molar-refractivity contribution in [3.05, 3.63) is 42.2 Å². The van der Waals surface area contributed by atoms with Gasteiger partial charge in [-0.25, -0.2) is 0 Å². The first-order valence-electron chi connectivity index (χ1n) is 4.06. The van der Waals surface area contributed by atoms with Crippen molar-refractivity contribution in [2.75, 3.05) is 0 Å². The Morgan fingerprint density at radius 1 is 1.33 bits per heavy atom. The Bertz CT molecular complexity index is 301. The Morgan fingerprint density at radius 3 is 3.00 bits per heavy atom. The molecule has 0 fully saturated rings. The quantitative estimate of drug-likeness (QED) is 0.614. The molecule has 2 rings (SSSR count). The first-order chi connectivity index (χ1) is 5.97. The van der Waals surface area contributed by atoms with Crippen LogP contribution in [0.4, 0.5) is 0 Å². The number of rotatable bonds is 1. The van der Waals surface area contributed by atoms with Gasteiger partial charge in [0.15, 0.2) is 0 Å². The lowest BCUT2D eigenvalue weighted by Gasteiger charge is -2.10. The summed E-state index contributed by atoms with van der Waals surface area (Å²) in [6, 6.07) is 6.17. The summed E-state index contributed by atoms with van der Waals surface area (Å²) in [5.41, 5.74) is 1.05. The van der Waals surface area contributed by atoms with Gasteiger partial charge in [-0.15, -0.1) is 0 Å². The van der Waals surface area contributed by atoms with E-state index in [9.17, 15) is 0 Å². The third kappa shape index (κ3) is 1.42. The van der Waals surface area contributed by atoms with Crippen LogP contribution in [0.1, 0.15) is 18.2 Å². The molecule has 0 aromatic carbocycles. The fourth-order valence-electron chi connectivity index (χ4n) is 1.25. The molecule has 0 spiro atoms. The van der Waals surface area contributed by atoms with Crippen LogP contribution in [0.3, 0.4) is 0 Å². The standard InChI is InChI=1S/C10H10N2/c1-3-7-11-9(5-1)10-6-2-4-8-12-10/h1-5,7-8,10H,6H2/t10-/m1/s1. The lowest BCUT2D eigenvalue weighted by Crippen LogP contribution is -1.99. The summed E-state index contributed by atoms with van der Waals surface area (Å²) < 4.78 is 0. The average molecular weight is 158 g/mol. The molecule has 1 aliphatic heterocycles. The molecular weight excluding hydrogens is 148 g/mol. The predicted octanol–water partition coefficient (Wildman–Crippen LogP) is 2.15. The molecule has 0 amide bonds. The summed E-state index contributed by atoms with van der Waals surface area (Å²) >= 11 is 0. The number of hydrogen-bond donors (Lipinski definition) is 0. The molecule has 0 N–H and O–H groups in total. The molecule has 0 aliphatic carbocycles. The number of allylic oxidation sites excluding steroid dienone is 1. The highest BCUT2D eigenvalue weighted by molar-refractivity contribution is 5.72. The van der Waals surface area contributed by atoms with E-state index in [1.54, 1.807) is 0 Å². The van der Waals surface area contributed by atoms with Gasteiger partial charge in [0.2, 0.25) is 0 Å². The van der Waals surface area contributed by atoms with Crippen molar-refractivity contribution in [1.82, 2.24) is 4.98 Å². The van der Waals surface area contributed by atoms with Gasteiger partial charge in [-0.05, 0) is 24.6 Å². The minimum atomic E-state index is 0.233. The lowest BCUT2D eigenvalue weighted by atomic mass is 10.1. The first kappa shape index (κ1) is 7.22. The van der Waals surface area contributed by atoms with Crippen molar-refractivity contribution in [1.29, 1.82) is 0 Å². The van der Waals surface area contributed by atoms with Crippen LogP contribution in [0, 0.1) is 0 Å². The molecule has 0 unspecified atom stereocenters. The van der Waals surface area contributed by atoms with Gasteiger partial charge < -0.3 is 0 Å². The Kier molecular flexibility index (Phi) is 1.99. The van der Waals surface area contributed by atoms with Gasteiger partial charge in [0.25, 0.3) is 0 Å². The van der Waals surface area contributed by atoms with Gasteiger partial charge >= 0.3 is 0 Å². The topological polar surface area (TPSA) is 25.2 Å². The van der Waals surface area contributed by atoms with Gasteiger partial charge in [0.05, 0.1) is 11.7 Å². The highest BCUT2D eigenvalue weighted by Crippen LogP contribution is 2.20. The van der Waals surface area contributed by atoms with Crippen molar-refractivity contribution >= 4 is 6.21 Å². The Morgan fingerprint density at radius 2 is 2.33 bits per heavy atom. The average Bonchev–Trinajstić information content (AvgIpc) is 2.21. The van der Waals surface area contributed by atoms with E-state index >= 15 is 0 Å². The van der Waals surface area contributed by atoms with Gasteiger partial charge in [-0.1, -0.05) is 12.1 Å². The zero-order chi connectivity index (χ0) is 8.23. The molecule has 0 bridgehead atoms. The van der Waals surface area contributed by atoms with Crippen molar-refractivity contribution in [3.8, 4) is 0 Å². The highest BCUT2D eigenvalue weighted by Gasteiger charge is 2.09.